The van der Waals surface area contributed by atoms with E-state index in [9.17, 15) is 5.11 Å². The summed E-state index contributed by atoms with van der Waals surface area (Å²) < 4.78 is 2.07. The summed E-state index contributed by atoms with van der Waals surface area (Å²) in [7, 11) is 0. The minimum atomic E-state index is -0.245. The van der Waals surface area contributed by atoms with Gasteiger partial charge in [-0.1, -0.05) is 25.4 Å². The van der Waals surface area contributed by atoms with E-state index in [1.54, 1.807) is 0 Å². The van der Waals surface area contributed by atoms with E-state index >= 15 is 0 Å². The molecule has 0 amide bonds. The fourth-order valence-electron chi connectivity index (χ4n) is 1.96. The maximum atomic E-state index is 9.58. The van der Waals surface area contributed by atoms with Crippen LogP contribution >= 0.6 is 11.6 Å². The van der Waals surface area contributed by atoms with Gasteiger partial charge in [-0.15, -0.1) is 0 Å². The molecule has 1 unspecified atom stereocenters. The summed E-state index contributed by atoms with van der Waals surface area (Å²) in [5, 5.41) is 10.2. The largest absolute Gasteiger partial charge is 0.391 e. The van der Waals surface area contributed by atoms with Crippen LogP contribution in [0.15, 0.2) is 0 Å². The average molecular weight is 215 g/mol. The van der Waals surface area contributed by atoms with Crippen molar-refractivity contribution in [1.29, 1.82) is 0 Å². The first-order valence-electron chi connectivity index (χ1n) is 5.02. The lowest BCUT2D eigenvalue weighted by Gasteiger charge is -2.22. The van der Waals surface area contributed by atoms with Gasteiger partial charge in [0.25, 0.3) is 0 Å². The number of aliphatic hydroxyl groups excluding tert-OH is 1. The average Bonchev–Trinajstić information content (AvgIpc) is 2.43. The fourth-order valence-corrected chi connectivity index (χ4v) is 2.25. The van der Waals surface area contributed by atoms with Gasteiger partial charge in [0.05, 0.1) is 18.3 Å². The second kappa shape index (κ2) is 3.55. The van der Waals surface area contributed by atoms with Gasteiger partial charge in [-0.3, -0.25) is 0 Å². The quantitative estimate of drug-likeness (QED) is 0.776. The molecule has 0 saturated heterocycles. The van der Waals surface area contributed by atoms with Crippen molar-refractivity contribution < 1.29 is 5.11 Å². The topological polar surface area (TPSA) is 38.0 Å². The standard InChI is InChI=1S/C10H15ClN2O/c1-6(2)10-12-9(11)8-4-3-7(14)5-13(8)10/h6-7,14H,3-5H2,1-2H3. The molecule has 1 aliphatic heterocycles. The number of imidazole rings is 1. The second-order valence-corrected chi connectivity index (χ2v) is 4.52. The Morgan fingerprint density at radius 1 is 1.57 bits per heavy atom. The van der Waals surface area contributed by atoms with Crippen LogP contribution in [-0.2, 0) is 13.0 Å². The molecule has 1 atom stereocenters. The maximum absolute atomic E-state index is 9.58. The molecule has 1 aromatic rings. The summed E-state index contributed by atoms with van der Waals surface area (Å²) in [6.45, 7) is 4.82. The third-order valence-corrected chi connectivity index (χ3v) is 2.98. The number of hydrogen-bond donors (Lipinski definition) is 1. The Hall–Kier alpha value is -0.540. The van der Waals surface area contributed by atoms with Crippen LogP contribution < -0.4 is 0 Å². The Labute approximate surface area is 88.7 Å². The number of halogens is 1. The van der Waals surface area contributed by atoms with Gasteiger partial charge in [0.15, 0.2) is 5.15 Å². The predicted molar refractivity (Wildman–Crippen MR) is 55.7 cm³/mol. The minimum Gasteiger partial charge on any atom is -0.391 e. The molecular weight excluding hydrogens is 200 g/mol. The summed E-state index contributed by atoms with van der Waals surface area (Å²) >= 11 is 6.04. The molecule has 0 aliphatic carbocycles. The fraction of sp³-hybridized carbons (Fsp3) is 0.700. The van der Waals surface area contributed by atoms with Crippen molar-refractivity contribution in [2.75, 3.05) is 0 Å². The highest BCUT2D eigenvalue weighted by atomic mass is 35.5. The number of hydrogen-bond acceptors (Lipinski definition) is 2. The number of aromatic nitrogens is 2. The zero-order chi connectivity index (χ0) is 10.3. The van der Waals surface area contributed by atoms with Crippen LogP contribution in [0.5, 0.6) is 0 Å². The Morgan fingerprint density at radius 2 is 2.29 bits per heavy atom. The summed E-state index contributed by atoms with van der Waals surface area (Å²) in [6.07, 6.45) is 1.38. The van der Waals surface area contributed by atoms with E-state index in [1.807, 2.05) is 0 Å². The molecule has 0 fully saturated rings. The highest BCUT2D eigenvalue weighted by Crippen LogP contribution is 2.27. The maximum Gasteiger partial charge on any atom is 0.150 e. The smallest absolute Gasteiger partial charge is 0.150 e. The van der Waals surface area contributed by atoms with E-state index in [4.69, 9.17) is 11.6 Å². The van der Waals surface area contributed by atoms with Gasteiger partial charge in [0.2, 0.25) is 0 Å². The van der Waals surface area contributed by atoms with Gasteiger partial charge in [0.1, 0.15) is 5.82 Å². The van der Waals surface area contributed by atoms with Crippen molar-refractivity contribution in [2.45, 2.75) is 45.3 Å². The number of aliphatic hydroxyl groups is 1. The highest BCUT2D eigenvalue weighted by molar-refractivity contribution is 6.30. The predicted octanol–water partition coefficient (Wildman–Crippen LogP) is 1.97. The van der Waals surface area contributed by atoms with Gasteiger partial charge in [0, 0.05) is 5.92 Å². The third-order valence-electron chi connectivity index (χ3n) is 2.68. The van der Waals surface area contributed by atoms with Gasteiger partial charge in [-0.25, -0.2) is 4.98 Å². The van der Waals surface area contributed by atoms with Gasteiger partial charge in [-0.05, 0) is 12.8 Å². The Kier molecular flexibility index (Phi) is 2.54. The molecule has 0 aromatic carbocycles. The van der Waals surface area contributed by atoms with E-state index in [-0.39, 0.29) is 6.10 Å². The second-order valence-electron chi connectivity index (χ2n) is 4.17. The van der Waals surface area contributed by atoms with E-state index in [0.29, 0.717) is 17.6 Å². The molecule has 0 bridgehead atoms. The zero-order valence-electron chi connectivity index (χ0n) is 8.50. The van der Waals surface area contributed by atoms with E-state index in [2.05, 4.69) is 23.4 Å². The van der Waals surface area contributed by atoms with Gasteiger partial charge in [-0.2, -0.15) is 0 Å². The molecule has 2 rings (SSSR count). The summed E-state index contributed by atoms with van der Waals surface area (Å²) in [5.74, 6) is 1.34. The number of fused-ring (bicyclic) bond motifs is 1. The molecule has 14 heavy (non-hydrogen) atoms. The Bertz CT molecular complexity index is 346. The molecule has 4 heteroatoms. The van der Waals surface area contributed by atoms with Gasteiger partial charge >= 0.3 is 0 Å². The van der Waals surface area contributed by atoms with E-state index < -0.39 is 0 Å². The van der Waals surface area contributed by atoms with Crippen LogP contribution in [-0.4, -0.2) is 20.8 Å². The molecule has 0 saturated carbocycles. The lowest BCUT2D eigenvalue weighted by atomic mass is 10.1. The summed E-state index contributed by atoms with van der Waals surface area (Å²) in [6, 6.07) is 0. The van der Waals surface area contributed by atoms with Crippen LogP contribution in [0.2, 0.25) is 5.15 Å². The lowest BCUT2D eigenvalue weighted by molar-refractivity contribution is 0.129. The molecule has 78 valence electrons. The molecule has 0 spiro atoms. The van der Waals surface area contributed by atoms with Crippen LogP contribution in [0, 0.1) is 0 Å². The normalized spacial score (nSPS) is 21.4. The van der Waals surface area contributed by atoms with Crippen LogP contribution in [0.4, 0.5) is 0 Å². The number of rotatable bonds is 1. The van der Waals surface area contributed by atoms with E-state index in [0.717, 1.165) is 24.4 Å². The third kappa shape index (κ3) is 1.55. The van der Waals surface area contributed by atoms with Crippen molar-refractivity contribution >= 4 is 11.6 Å². The van der Waals surface area contributed by atoms with Crippen LogP contribution in [0.1, 0.15) is 37.7 Å². The SMILES string of the molecule is CC(C)c1nc(Cl)c2n1CC(O)CC2. The van der Waals surface area contributed by atoms with Crippen molar-refractivity contribution in [3.05, 3.63) is 16.7 Å². The van der Waals surface area contributed by atoms with Crippen molar-refractivity contribution in [2.24, 2.45) is 0 Å². The Balaban J connectivity index is 2.45. The van der Waals surface area contributed by atoms with Crippen molar-refractivity contribution in [3.8, 4) is 0 Å². The molecule has 1 aliphatic rings. The minimum absolute atomic E-state index is 0.245. The molecule has 1 aromatic heterocycles. The Morgan fingerprint density at radius 3 is 2.93 bits per heavy atom. The molecule has 0 radical (unpaired) electrons. The lowest BCUT2D eigenvalue weighted by Crippen LogP contribution is -2.25. The molecule has 2 heterocycles. The monoisotopic (exact) mass is 214 g/mol. The summed E-state index contributed by atoms with van der Waals surface area (Å²) in [5.41, 5.74) is 1.08. The van der Waals surface area contributed by atoms with Crippen LogP contribution in [0.3, 0.4) is 0 Å². The van der Waals surface area contributed by atoms with Crippen molar-refractivity contribution in [1.82, 2.24) is 9.55 Å². The van der Waals surface area contributed by atoms with E-state index in [1.165, 1.54) is 0 Å². The first kappa shape index (κ1) is 9.99. The molecular formula is C10H15ClN2O. The summed E-state index contributed by atoms with van der Waals surface area (Å²) in [4.78, 5) is 4.34. The first-order chi connectivity index (χ1) is 6.59. The van der Waals surface area contributed by atoms with Gasteiger partial charge < -0.3 is 9.67 Å². The first-order valence-corrected chi connectivity index (χ1v) is 5.40. The zero-order valence-corrected chi connectivity index (χ0v) is 9.25. The van der Waals surface area contributed by atoms with Crippen molar-refractivity contribution in [3.63, 3.8) is 0 Å². The molecule has 1 N–H and O–H groups in total. The molecule has 3 nitrogen and oxygen atoms in total. The number of nitrogens with zero attached hydrogens (tertiary/aromatic N) is 2. The van der Waals surface area contributed by atoms with Crippen LogP contribution in [0.25, 0.3) is 0 Å². The highest BCUT2D eigenvalue weighted by Gasteiger charge is 2.24.